The number of carbonyl (C=O) groups is 1. The zero-order valence-electron chi connectivity index (χ0n) is 8.71. The summed E-state index contributed by atoms with van der Waals surface area (Å²) in [6, 6.07) is -0.564. The number of nitrogens with one attached hydrogen (secondary N) is 1. The smallest absolute Gasteiger partial charge is 0.397 e. The first-order chi connectivity index (χ1) is 7.28. The highest BCUT2D eigenvalue weighted by molar-refractivity contribution is 5.82. The van der Waals surface area contributed by atoms with Crippen molar-refractivity contribution in [1.82, 2.24) is 5.32 Å². The summed E-state index contributed by atoms with van der Waals surface area (Å²) in [5.41, 5.74) is 5.18. The Morgan fingerprint density at radius 3 is 2.50 bits per heavy atom. The molecule has 1 unspecified atom stereocenters. The summed E-state index contributed by atoms with van der Waals surface area (Å²) in [5, 5.41) is 13.1. The first-order valence-corrected chi connectivity index (χ1v) is 4.61. The quantitative estimate of drug-likeness (QED) is 0.290. The average Bonchev–Trinajstić information content (AvgIpc) is 2.13. The van der Waals surface area contributed by atoms with Gasteiger partial charge >= 0.3 is 6.18 Å². The van der Waals surface area contributed by atoms with Crippen molar-refractivity contribution in [3.8, 4) is 0 Å². The average molecular weight is 241 g/mol. The van der Waals surface area contributed by atoms with Crippen molar-refractivity contribution in [2.45, 2.75) is 38.4 Å². The standard InChI is InChI=1S/C8H14F3N3O2/c1-2-5(3-6(12)14-16)13-7(15)4-8(9,10)11/h5,16H,2-4H2,1H3,(H2,12,14)(H,13,15). The Bertz CT molecular complexity index is 266. The third-order valence-electron chi connectivity index (χ3n) is 1.80. The van der Waals surface area contributed by atoms with Crippen LogP contribution in [-0.2, 0) is 4.79 Å². The summed E-state index contributed by atoms with van der Waals surface area (Å²) >= 11 is 0. The molecule has 8 heteroatoms. The zero-order valence-corrected chi connectivity index (χ0v) is 8.71. The molecule has 0 fully saturated rings. The number of rotatable bonds is 5. The Balaban J connectivity index is 4.18. The highest BCUT2D eigenvalue weighted by Crippen LogP contribution is 2.19. The Morgan fingerprint density at radius 1 is 1.56 bits per heavy atom. The van der Waals surface area contributed by atoms with Gasteiger partial charge < -0.3 is 16.3 Å². The van der Waals surface area contributed by atoms with E-state index in [9.17, 15) is 18.0 Å². The second-order valence-electron chi connectivity index (χ2n) is 3.26. The molecular weight excluding hydrogens is 227 g/mol. The van der Waals surface area contributed by atoms with Crippen molar-refractivity contribution < 1.29 is 23.2 Å². The van der Waals surface area contributed by atoms with E-state index in [-0.39, 0.29) is 12.3 Å². The molecule has 0 aromatic heterocycles. The van der Waals surface area contributed by atoms with E-state index in [1.54, 1.807) is 6.92 Å². The van der Waals surface area contributed by atoms with Crippen LogP contribution < -0.4 is 11.1 Å². The molecule has 94 valence electrons. The van der Waals surface area contributed by atoms with Gasteiger partial charge in [0.25, 0.3) is 0 Å². The van der Waals surface area contributed by atoms with Crippen molar-refractivity contribution in [2.24, 2.45) is 10.9 Å². The van der Waals surface area contributed by atoms with Gasteiger partial charge in [0.1, 0.15) is 12.3 Å². The lowest BCUT2D eigenvalue weighted by molar-refractivity contribution is -0.154. The minimum atomic E-state index is -4.53. The maximum absolute atomic E-state index is 11.8. The molecule has 0 aliphatic heterocycles. The maximum atomic E-state index is 11.8. The number of halogens is 3. The summed E-state index contributed by atoms with van der Waals surface area (Å²) in [6.45, 7) is 1.67. The molecule has 0 aliphatic rings. The fourth-order valence-electron chi connectivity index (χ4n) is 1.05. The van der Waals surface area contributed by atoms with Gasteiger partial charge in [0.2, 0.25) is 5.91 Å². The maximum Gasteiger partial charge on any atom is 0.397 e. The number of nitrogens with two attached hydrogens (primary N) is 1. The summed E-state index contributed by atoms with van der Waals surface area (Å²) in [7, 11) is 0. The van der Waals surface area contributed by atoms with Crippen LogP contribution in [0.1, 0.15) is 26.2 Å². The Labute approximate surface area is 90.5 Å². The number of amides is 1. The van der Waals surface area contributed by atoms with Crippen LogP contribution >= 0.6 is 0 Å². The third kappa shape index (κ3) is 6.91. The number of alkyl halides is 3. The molecule has 0 rings (SSSR count). The molecule has 0 saturated heterocycles. The fraction of sp³-hybridized carbons (Fsp3) is 0.750. The van der Waals surface area contributed by atoms with Crippen LogP contribution in [0.3, 0.4) is 0 Å². The molecule has 0 aromatic carbocycles. The molecule has 5 nitrogen and oxygen atoms in total. The van der Waals surface area contributed by atoms with Gasteiger partial charge in [-0.15, -0.1) is 0 Å². The predicted octanol–water partition coefficient (Wildman–Crippen LogP) is 0.970. The van der Waals surface area contributed by atoms with E-state index in [1.807, 2.05) is 0 Å². The molecule has 4 N–H and O–H groups in total. The van der Waals surface area contributed by atoms with Crippen molar-refractivity contribution in [1.29, 1.82) is 0 Å². The van der Waals surface area contributed by atoms with Crippen LogP contribution in [0.4, 0.5) is 13.2 Å². The van der Waals surface area contributed by atoms with E-state index in [0.29, 0.717) is 6.42 Å². The molecule has 0 bridgehead atoms. The number of amidine groups is 1. The van der Waals surface area contributed by atoms with Gasteiger partial charge in [0.15, 0.2) is 0 Å². The lowest BCUT2D eigenvalue weighted by Gasteiger charge is -2.16. The third-order valence-corrected chi connectivity index (χ3v) is 1.80. The lowest BCUT2D eigenvalue weighted by atomic mass is 10.1. The zero-order chi connectivity index (χ0) is 12.8. The van der Waals surface area contributed by atoms with Gasteiger partial charge in [-0.1, -0.05) is 12.1 Å². The van der Waals surface area contributed by atoms with Crippen LogP contribution in [-0.4, -0.2) is 29.2 Å². The molecule has 1 amide bonds. The lowest BCUT2D eigenvalue weighted by Crippen LogP contribution is -2.39. The molecule has 0 aromatic rings. The predicted molar refractivity (Wildman–Crippen MR) is 50.9 cm³/mol. The van der Waals surface area contributed by atoms with Crippen molar-refractivity contribution >= 4 is 11.7 Å². The Hall–Kier alpha value is -1.47. The number of hydrogen-bond acceptors (Lipinski definition) is 3. The van der Waals surface area contributed by atoms with Gasteiger partial charge in [-0.2, -0.15) is 13.2 Å². The number of hydrogen-bond donors (Lipinski definition) is 3. The van der Waals surface area contributed by atoms with E-state index in [0.717, 1.165) is 0 Å². The van der Waals surface area contributed by atoms with Crippen LogP contribution in [0.25, 0.3) is 0 Å². The summed E-state index contributed by atoms with van der Waals surface area (Å²) in [5.74, 6) is -1.26. The van der Waals surface area contributed by atoms with E-state index in [2.05, 4.69) is 10.5 Å². The summed E-state index contributed by atoms with van der Waals surface area (Å²) in [6.07, 6.45) is -5.66. The van der Waals surface area contributed by atoms with Gasteiger partial charge in [-0.3, -0.25) is 4.79 Å². The van der Waals surface area contributed by atoms with Gasteiger partial charge in [0.05, 0.1) is 0 Å². The van der Waals surface area contributed by atoms with Gasteiger partial charge in [-0.25, -0.2) is 0 Å². The Kier molecular flexibility index (Phi) is 5.62. The van der Waals surface area contributed by atoms with E-state index in [1.165, 1.54) is 0 Å². The van der Waals surface area contributed by atoms with Gasteiger partial charge in [0, 0.05) is 12.5 Å². The van der Waals surface area contributed by atoms with E-state index in [4.69, 9.17) is 10.9 Å². The van der Waals surface area contributed by atoms with Crippen LogP contribution in [0.15, 0.2) is 5.16 Å². The van der Waals surface area contributed by atoms with E-state index >= 15 is 0 Å². The number of carbonyl (C=O) groups excluding carboxylic acids is 1. The monoisotopic (exact) mass is 241 g/mol. The summed E-state index contributed by atoms with van der Waals surface area (Å²) in [4.78, 5) is 10.9. The number of nitrogens with zero attached hydrogens (tertiary/aromatic N) is 1. The first kappa shape index (κ1) is 14.5. The van der Waals surface area contributed by atoms with Crippen molar-refractivity contribution in [3.05, 3.63) is 0 Å². The van der Waals surface area contributed by atoms with Crippen molar-refractivity contribution in [2.75, 3.05) is 0 Å². The minimum absolute atomic E-state index is 0.0105. The molecule has 16 heavy (non-hydrogen) atoms. The molecule has 0 heterocycles. The highest BCUT2D eigenvalue weighted by Gasteiger charge is 2.31. The highest BCUT2D eigenvalue weighted by atomic mass is 19.4. The molecule has 1 atom stereocenters. The fourth-order valence-corrected chi connectivity index (χ4v) is 1.05. The molecule has 0 radical (unpaired) electrons. The topological polar surface area (TPSA) is 87.7 Å². The second kappa shape index (κ2) is 6.19. The van der Waals surface area contributed by atoms with E-state index < -0.39 is 24.5 Å². The first-order valence-electron chi connectivity index (χ1n) is 4.61. The molecule has 0 spiro atoms. The normalized spacial score (nSPS) is 14.6. The van der Waals surface area contributed by atoms with Crippen molar-refractivity contribution in [3.63, 3.8) is 0 Å². The SMILES string of the molecule is CCC(CC(N)=NO)NC(=O)CC(F)(F)F. The van der Waals surface area contributed by atoms with Gasteiger partial charge in [-0.05, 0) is 6.42 Å². The number of oxime groups is 1. The molecule has 0 aliphatic carbocycles. The largest absolute Gasteiger partial charge is 0.409 e. The molecular formula is C8H14F3N3O2. The second-order valence-corrected chi connectivity index (χ2v) is 3.26. The minimum Gasteiger partial charge on any atom is -0.409 e. The van der Waals surface area contributed by atoms with Crippen LogP contribution in [0.2, 0.25) is 0 Å². The van der Waals surface area contributed by atoms with Crippen LogP contribution in [0, 0.1) is 0 Å². The molecule has 0 saturated carbocycles. The Morgan fingerprint density at radius 2 is 2.12 bits per heavy atom. The summed E-state index contributed by atoms with van der Waals surface area (Å²) < 4.78 is 35.5. The van der Waals surface area contributed by atoms with Crippen LogP contribution in [0.5, 0.6) is 0 Å².